The molecular formula is C19H23N3O4. The van der Waals surface area contributed by atoms with Gasteiger partial charge in [-0.15, -0.1) is 0 Å². The lowest BCUT2D eigenvalue weighted by Crippen LogP contribution is -2.39. The Hall–Kier alpha value is -2.70. The fourth-order valence-electron chi connectivity index (χ4n) is 3.32. The van der Waals surface area contributed by atoms with Crippen molar-refractivity contribution in [2.75, 3.05) is 6.54 Å². The molecular weight excluding hydrogens is 334 g/mol. The second-order valence-corrected chi connectivity index (χ2v) is 6.74. The SMILES string of the molecule is C[C@H](OC(=O)c1n[nH]c(=O)c2ccccc12)C(=O)NCC1CCCCC1. The number of H-pyrrole nitrogens is 1. The van der Waals surface area contributed by atoms with Crippen molar-refractivity contribution in [2.24, 2.45) is 5.92 Å². The van der Waals surface area contributed by atoms with E-state index in [1.807, 2.05) is 0 Å². The first kappa shape index (κ1) is 18.1. The summed E-state index contributed by atoms with van der Waals surface area (Å²) in [6.45, 7) is 2.14. The van der Waals surface area contributed by atoms with Crippen LogP contribution in [0.5, 0.6) is 0 Å². The topological polar surface area (TPSA) is 101 Å². The number of benzene rings is 1. The molecule has 138 valence electrons. The molecule has 1 aromatic carbocycles. The van der Waals surface area contributed by atoms with Gasteiger partial charge in [-0.05, 0) is 31.7 Å². The Morgan fingerprint density at radius 2 is 1.92 bits per heavy atom. The number of aromatic amines is 1. The van der Waals surface area contributed by atoms with Gasteiger partial charge in [-0.25, -0.2) is 9.89 Å². The van der Waals surface area contributed by atoms with Crippen molar-refractivity contribution in [2.45, 2.75) is 45.1 Å². The van der Waals surface area contributed by atoms with E-state index < -0.39 is 12.1 Å². The summed E-state index contributed by atoms with van der Waals surface area (Å²) in [5.74, 6) is -0.559. The van der Waals surface area contributed by atoms with Crippen LogP contribution in [0.25, 0.3) is 10.8 Å². The summed E-state index contributed by atoms with van der Waals surface area (Å²) >= 11 is 0. The molecule has 1 saturated carbocycles. The zero-order valence-electron chi connectivity index (χ0n) is 14.8. The maximum atomic E-state index is 12.4. The maximum Gasteiger partial charge on any atom is 0.360 e. The third-order valence-electron chi connectivity index (χ3n) is 4.83. The van der Waals surface area contributed by atoms with E-state index in [-0.39, 0.29) is 17.2 Å². The van der Waals surface area contributed by atoms with Crippen molar-refractivity contribution < 1.29 is 14.3 Å². The summed E-state index contributed by atoms with van der Waals surface area (Å²) in [7, 11) is 0. The number of nitrogens with zero attached hydrogens (tertiary/aromatic N) is 1. The standard InChI is InChI=1S/C19H23N3O4/c1-12(17(23)20-11-13-7-3-2-4-8-13)26-19(25)16-14-9-5-6-10-15(14)18(24)22-21-16/h5-6,9-10,12-13H,2-4,7-8,11H2,1H3,(H,20,23)(H,22,24)/t12-/m0/s1. The second-order valence-electron chi connectivity index (χ2n) is 6.74. The molecule has 0 saturated heterocycles. The number of hydrogen-bond acceptors (Lipinski definition) is 5. The summed E-state index contributed by atoms with van der Waals surface area (Å²) in [4.78, 5) is 36.4. The Balaban J connectivity index is 1.63. The molecule has 26 heavy (non-hydrogen) atoms. The molecule has 7 heteroatoms. The molecule has 1 aromatic heterocycles. The van der Waals surface area contributed by atoms with E-state index in [0.717, 1.165) is 12.8 Å². The molecule has 3 rings (SSSR count). The van der Waals surface area contributed by atoms with Crippen molar-refractivity contribution >= 4 is 22.6 Å². The Morgan fingerprint density at radius 1 is 1.23 bits per heavy atom. The highest BCUT2D eigenvalue weighted by molar-refractivity contribution is 6.02. The fourth-order valence-corrected chi connectivity index (χ4v) is 3.32. The quantitative estimate of drug-likeness (QED) is 0.799. The van der Waals surface area contributed by atoms with E-state index in [1.54, 1.807) is 24.3 Å². The smallest absolute Gasteiger partial charge is 0.360 e. The van der Waals surface area contributed by atoms with Gasteiger partial charge in [-0.2, -0.15) is 5.10 Å². The van der Waals surface area contributed by atoms with Crippen LogP contribution in [-0.4, -0.2) is 34.7 Å². The summed E-state index contributed by atoms with van der Waals surface area (Å²) < 4.78 is 5.25. The third kappa shape index (κ3) is 4.09. The van der Waals surface area contributed by atoms with Crippen LogP contribution in [0.4, 0.5) is 0 Å². The summed E-state index contributed by atoms with van der Waals surface area (Å²) in [6, 6.07) is 6.64. The maximum absolute atomic E-state index is 12.4. The number of hydrogen-bond donors (Lipinski definition) is 2. The van der Waals surface area contributed by atoms with Crippen molar-refractivity contribution in [3.8, 4) is 0 Å². The van der Waals surface area contributed by atoms with Gasteiger partial charge in [0.1, 0.15) is 0 Å². The van der Waals surface area contributed by atoms with Crippen LogP contribution in [-0.2, 0) is 9.53 Å². The third-order valence-corrected chi connectivity index (χ3v) is 4.83. The van der Waals surface area contributed by atoms with Crippen LogP contribution in [0.1, 0.15) is 49.5 Å². The van der Waals surface area contributed by atoms with E-state index in [9.17, 15) is 14.4 Å². The molecule has 2 aromatic rings. The zero-order chi connectivity index (χ0) is 18.5. The van der Waals surface area contributed by atoms with Crippen LogP contribution in [0, 0.1) is 5.92 Å². The molecule has 1 fully saturated rings. The molecule has 0 radical (unpaired) electrons. The Kier molecular flexibility index (Phi) is 5.65. The first-order valence-corrected chi connectivity index (χ1v) is 9.02. The predicted molar refractivity (Wildman–Crippen MR) is 96.8 cm³/mol. The van der Waals surface area contributed by atoms with Gasteiger partial charge < -0.3 is 10.1 Å². The fraction of sp³-hybridized carbons (Fsp3) is 0.474. The van der Waals surface area contributed by atoms with Crippen LogP contribution in [0.3, 0.4) is 0 Å². The number of fused-ring (bicyclic) bond motifs is 1. The summed E-state index contributed by atoms with van der Waals surface area (Å²) in [5, 5.41) is 9.69. The molecule has 0 unspecified atom stereocenters. The highest BCUT2D eigenvalue weighted by atomic mass is 16.5. The van der Waals surface area contributed by atoms with E-state index in [2.05, 4.69) is 15.5 Å². The number of rotatable bonds is 5. The second kappa shape index (κ2) is 8.12. The number of amides is 1. The van der Waals surface area contributed by atoms with Crippen molar-refractivity contribution in [1.29, 1.82) is 0 Å². The monoisotopic (exact) mass is 357 g/mol. The number of aromatic nitrogens is 2. The van der Waals surface area contributed by atoms with Gasteiger partial charge in [-0.1, -0.05) is 37.5 Å². The molecule has 1 atom stereocenters. The highest BCUT2D eigenvalue weighted by Gasteiger charge is 2.23. The number of carbonyl (C=O) groups is 2. The van der Waals surface area contributed by atoms with Crippen molar-refractivity contribution in [1.82, 2.24) is 15.5 Å². The van der Waals surface area contributed by atoms with Crippen molar-refractivity contribution in [3.63, 3.8) is 0 Å². The minimum Gasteiger partial charge on any atom is -0.448 e. The van der Waals surface area contributed by atoms with Gasteiger partial charge in [0.05, 0.1) is 5.39 Å². The zero-order valence-corrected chi connectivity index (χ0v) is 14.8. The van der Waals surface area contributed by atoms with Crippen LogP contribution < -0.4 is 10.9 Å². The minimum absolute atomic E-state index is 0.00729. The normalized spacial score (nSPS) is 16.2. The van der Waals surface area contributed by atoms with Crippen LogP contribution in [0.2, 0.25) is 0 Å². The van der Waals surface area contributed by atoms with Crippen LogP contribution >= 0.6 is 0 Å². The molecule has 1 amide bonds. The van der Waals surface area contributed by atoms with E-state index in [4.69, 9.17) is 4.74 Å². The lowest BCUT2D eigenvalue weighted by molar-refractivity contribution is -0.129. The predicted octanol–water partition coefficient (Wildman–Crippen LogP) is 2.16. The average Bonchev–Trinajstić information content (AvgIpc) is 2.67. The lowest BCUT2D eigenvalue weighted by atomic mass is 9.89. The Morgan fingerprint density at radius 3 is 2.65 bits per heavy atom. The Labute approximate surface area is 151 Å². The van der Waals surface area contributed by atoms with Crippen LogP contribution in [0.15, 0.2) is 29.1 Å². The average molecular weight is 357 g/mol. The highest BCUT2D eigenvalue weighted by Crippen LogP contribution is 2.22. The van der Waals surface area contributed by atoms with E-state index >= 15 is 0 Å². The number of carbonyl (C=O) groups excluding carboxylic acids is 2. The number of ether oxygens (including phenoxy) is 1. The van der Waals surface area contributed by atoms with E-state index in [0.29, 0.717) is 23.2 Å². The molecule has 1 aliphatic rings. The van der Waals surface area contributed by atoms with E-state index in [1.165, 1.54) is 26.2 Å². The first-order chi connectivity index (χ1) is 12.6. The first-order valence-electron chi connectivity index (χ1n) is 9.02. The van der Waals surface area contributed by atoms with Gasteiger partial charge in [0, 0.05) is 11.9 Å². The number of nitrogens with one attached hydrogen (secondary N) is 2. The molecule has 0 bridgehead atoms. The largest absolute Gasteiger partial charge is 0.448 e. The molecule has 7 nitrogen and oxygen atoms in total. The molecule has 0 aliphatic heterocycles. The molecule has 0 spiro atoms. The van der Waals surface area contributed by atoms with Gasteiger partial charge in [0.15, 0.2) is 11.8 Å². The molecule has 1 aliphatic carbocycles. The molecule has 2 N–H and O–H groups in total. The minimum atomic E-state index is -0.932. The summed E-state index contributed by atoms with van der Waals surface area (Å²) in [5.41, 5.74) is -0.387. The Bertz CT molecular complexity index is 855. The van der Waals surface area contributed by atoms with Crippen molar-refractivity contribution in [3.05, 3.63) is 40.3 Å². The van der Waals surface area contributed by atoms with Gasteiger partial charge in [0.25, 0.3) is 11.5 Å². The summed E-state index contributed by atoms with van der Waals surface area (Å²) in [6.07, 6.45) is 4.99. The van der Waals surface area contributed by atoms with Gasteiger partial charge in [-0.3, -0.25) is 9.59 Å². The van der Waals surface area contributed by atoms with Gasteiger partial charge >= 0.3 is 5.97 Å². The number of esters is 1. The van der Waals surface area contributed by atoms with Gasteiger partial charge in [0.2, 0.25) is 0 Å². The lowest BCUT2D eigenvalue weighted by Gasteiger charge is -2.22. The molecule has 1 heterocycles.